The van der Waals surface area contributed by atoms with Crippen molar-refractivity contribution in [3.63, 3.8) is 0 Å². The summed E-state index contributed by atoms with van der Waals surface area (Å²) in [5.41, 5.74) is 2.92. The lowest BCUT2D eigenvalue weighted by molar-refractivity contribution is 0.875. The van der Waals surface area contributed by atoms with E-state index >= 15 is 0 Å². The van der Waals surface area contributed by atoms with Crippen LogP contribution in [0.25, 0.3) is 16.8 Å². The molecule has 19 heavy (non-hydrogen) atoms. The number of anilines is 1. The molecule has 0 spiro atoms. The molecule has 0 aromatic carbocycles. The van der Waals surface area contributed by atoms with Crippen LogP contribution in [0.3, 0.4) is 0 Å². The van der Waals surface area contributed by atoms with E-state index in [2.05, 4.69) is 34.2 Å². The monoisotopic (exact) mass is 253 g/mol. The van der Waals surface area contributed by atoms with Crippen molar-refractivity contribution in [1.29, 1.82) is 0 Å². The van der Waals surface area contributed by atoms with Gasteiger partial charge in [-0.2, -0.15) is 5.10 Å². The maximum absolute atomic E-state index is 4.53. The van der Waals surface area contributed by atoms with Crippen LogP contribution in [0.5, 0.6) is 0 Å². The number of rotatable bonds is 3. The lowest BCUT2D eigenvalue weighted by atomic mass is 10.2. The quantitative estimate of drug-likeness (QED) is 0.779. The summed E-state index contributed by atoms with van der Waals surface area (Å²) < 4.78 is 1.84. The Balaban J connectivity index is 2.06. The molecule has 0 radical (unpaired) electrons. The lowest BCUT2D eigenvalue weighted by Crippen LogP contribution is -2.12. The molecule has 3 aromatic rings. The minimum absolute atomic E-state index is 0.305. The fraction of sp³-hybridized carbons (Fsp3) is 0.214. The number of fused-ring (bicyclic) bond motifs is 1. The van der Waals surface area contributed by atoms with E-state index in [1.165, 1.54) is 0 Å². The highest BCUT2D eigenvalue weighted by Gasteiger charge is 2.08. The summed E-state index contributed by atoms with van der Waals surface area (Å²) >= 11 is 0. The van der Waals surface area contributed by atoms with Gasteiger partial charge < -0.3 is 5.32 Å². The van der Waals surface area contributed by atoms with Crippen molar-refractivity contribution in [2.24, 2.45) is 0 Å². The minimum Gasteiger partial charge on any atom is -0.352 e. The summed E-state index contributed by atoms with van der Waals surface area (Å²) in [5.74, 6) is 0.641. The second-order valence-electron chi connectivity index (χ2n) is 4.65. The molecule has 3 aromatic heterocycles. The van der Waals surface area contributed by atoms with Crippen molar-refractivity contribution in [3.8, 4) is 11.3 Å². The van der Waals surface area contributed by atoms with Gasteiger partial charge in [0.2, 0.25) is 5.95 Å². The average molecular weight is 253 g/mol. The van der Waals surface area contributed by atoms with E-state index in [1.807, 2.05) is 41.2 Å². The SMILES string of the molecule is CC(C)Nc1nccc(-c2cnn3ccccc23)n1. The van der Waals surface area contributed by atoms with Gasteiger partial charge in [0.1, 0.15) is 0 Å². The summed E-state index contributed by atoms with van der Waals surface area (Å²) in [6.45, 7) is 4.12. The minimum atomic E-state index is 0.305. The molecule has 0 fully saturated rings. The Morgan fingerprint density at radius 2 is 2.11 bits per heavy atom. The van der Waals surface area contributed by atoms with Crippen LogP contribution < -0.4 is 5.32 Å². The van der Waals surface area contributed by atoms with Crippen molar-refractivity contribution in [1.82, 2.24) is 19.6 Å². The molecule has 0 aliphatic heterocycles. The van der Waals surface area contributed by atoms with Crippen LogP contribution in [0, 0.1) is 0 Å². The van der Waals surface area contributed by atoms with E-state index in [9.17, 15) is 0 Å². The zero-order valence-electron chi connectivity index (χ0n) is 10.9. The average Bonchev–Trinajstić information content (AvgIpc) is 2.82. The number of hydrogen-bond donors (Lipinski definition) is 1. The van der Waals surface area contributed by atoms with Crippen LogP contribution in [0.2, 0.25) is 0 Å². The first-order valence-corrected chi connectivity index (χ1v) is 6.26. The summed E-state index contributed by atoms with van der Waals surface area (Å²) in [6.07, 6.45) is 5.52. The van der Waals surface area contributed by atoms with Crippen molar-refractivity contribution in [3.05, 3.63) is 42.9 Å². The van der Waals surface area contributed by atoms with Crippen LogP contribution in [-0.4, -0.2) is 25.6 Å². The summed E-state index contributed by atoms with van der Waals surface area (Å²) in [4.78, 5) is 8.75. The third-order valence-electron chi connectivity index (χ3n) is 2.78. The van der Waals surface area contributed by atoms with Gasteiger partial charge in [-0.05, 0) is 32.0 Å². The van der Waals surface area contributed by atoms with Crippen LogP contribution in [-0.2, 0) is 0 Å². The summed E-state index contributed by atoms with van der Waals surface area (Å²) in [5, 5.41) is 7.53. The van der Waals surface area contributed by atoms with Crippen molar-refractivity contribution in [2.45, 2.75) is 19.9 Å². The van der Waals surface area contributed by atoms with E-state index in [-0.39, 0.29) is 0 Å². The Hall–Kier alpha value is -2.43. The van der Waals surface area contributed by atoms with E-state index in [4.69, 9.17) is 0 Å². The lowest BCUT2D eigenvalue weighted by Gasteiger charge is -2.08. The zero-order chi connectivity index (χ0) is 13.2. The maximum Gasteiger partial charge on any atom is 0.223 e. The maximum atomic E-state index is 4.53. The summed E-state index contributed by atoms with van der Waals surface area (Å²) in [7, 11) is 0. The molecule has 0 unspecified atom stereocenters. The second-order valence-corrected chi connectivity index (χ2v) is 4.65. The largest absolute Gasteiger partial charge is 0.352 e. The van der Waals surface area contributed by atoms with Gasteiger partial charge in [0.15, 0.2) is 0 Å². The van der Waals surface area contributed by atoms with Crippen molar-refractivity contribution in [2.75, 3.05) is 5.32 Å². The first-order chi connectivity index (χ1) is 9.24. The van der Waals surface area contributed by atoms with Gasteiger partial charge in [-0.3, -0.25) is 0 Å². The normalized spacial score (nSPS) is 11.1. The number of pyridine rings is 1. The molecule has 0 aliphatic rings. The Labute approximate surface area is 111 Å². The molecule has 96 valence electrons. The molecule has 5 nitrogen and oxygen atoms in total. The van der Waals surface area contributed by atoms with Crippen LogP contribution in [0.1, 0.15) is 13.8 Å². The molecule has 0 saturated heterocycles. The third-order valence-corrected chi connectivity index (χ3v) is 2.78. The van der Waals surface area contributed by atoms with Crippen molar-refractivity contribution >= 4 is 11.5 Å². The molecule has 0 atom stereocenters. The Morgan fingerprint density at radius 3 is 2.95 bits per heavy atom. The molecule has 1 N–H and O–H groups in total. The molecule has 0 bridgehead atoms. The van der Waals surface area contributed by atoms with Gasteiger partial charge in [0.25, 0.3) is 0 Å². The Kier molecular flexibility index (Phi) is 2.87. The number of hydrogen-bond acceptors (Lipinski definition) is 4. The van der Waals surface area contributed by atoms with Gasteiger partial charge in [-0.25, -0.2) is 14.5 Å². The van der Waals surface area contributed by atoms with Gasteiger partial charge >= 0.3 is 0 Å². The zero-order valence-corrected chi connectivity index (χ0v) is 10.9. The van der Waals surface area contributed by atoms with Gasteiger partial charge in [0, 0.05) is 24.0 Å². The number of nitrogens with zero attached hydrogens (tertiary/aromatic N) is 4. The first kappa shape index (κ1) is 11.6. The van der Waals surface area contributed by atoms with Crippen molar-refractivity contribution < 1.29 is 0 Å². The highest BCUT2D eigenvalue weighted by Crippen LogP contribution is 2.22. The van der Waals surface area contributed by atoms with E-state index in [0.29, 0.717) is 12.0 Å². The third kappa shape index (κ3) is 2.27. The van der Waals surface area contributed by atoms with Gasteiger partial charge in [-0.15, -0.1) is 0 Å². The molecule has 0 aliphatic carbocycles. The fourth-order valence-corrected chi connectivity index (χ4v) is 1.97. The molecular weight excluding hydrogens is 238 g/mol. The predicted molar refractivity (Wildman–Crippen MR) is 75.0 cm³/mol. The highest BCUT2D eigenvalue weighted by molar-refractivity contribution is 5.77. The van der Waals surface area contributed by atoms with E-state index in [1.54, 1.807) is 6.20 Å². The molecular formula is C14H15N5. The number of aromatic nitrogens is 4. The summed E-state index contributed by atoms with van der Waals surface area (Å²) in [6, 6.07) is 8.18. The van der Waals surface area contributed by atoms with E-state index < -0.39 is 0 Å². The van der Waals surface area contributed by atoms with E-state index in [0.717, 1.165) is 16.8 Å². The number of nitrogens with one attached hydrogen (secondary N) is 1. The standard InChI is InChI=1S/C14H15N5/c1-10(2)17-14-15-7-6-12(18-14)11-9-16-19-8-4-3-5-13(11)19/h3-10H,1-2H3,(H,15,17,18). The molecule has 3 heterocycles. The highest BCUT2D eigenvalue weighted by atomic mass is 15.2. The van der Waals surface area contributed by atoms with Crippen LogP contribution in [0.15, 0.2) is 42.9 Å². The Bertz CT molecular complexity index is 702. The van der Waals surface area contributed by atoms with Crippen LogP contribution >= 0.6 is 0 Å². The topological polar surface area (TPSA) is 55.1 Å². The van der Waals surface area contributed by atoms with Gasteiger partial charge in [0.05, 0.1) is 17.4 Å². The first-order valence-electron chi connectivity index (χ1n) is 6.26. The molecule has 3 rings (SSSR count). The second kappa shape index (κ2) is 4.68. The molecule has 5 heteroatoms. The molecule has 0 amide bonds. The smallest absolute Gasteiger partial charge is 0.223 e. The molecule has 0 saturated carbocycles. The van der Waals surface area contributed by atoms with Crippen LogP contribution in [0.4, 0.5) is 5.95 Å². The van der Waals surface area contributed by atoms with Gasteiger partial charge in [-0.1, -0.05) is 6.07 Å². The predicted octanol–water partition coefficient (Wildman–Crippen LogP) is 2.61. The fourth-order valence-electron chi connectivity index (χ4n) is 1.97. The Morgan fingerprint density at radius 1 is 1.21 bits per heavy atom.